The van der Waals surface area contributed by atoms with E-state index >= 15 is 0 Å². The Morgan fingerprint density at radius 2 is 2.33 bits per heavy atom. The number of rotatable bonds is 2. The SMILES string of the molecule is C.C#CCC(N)C(=O)O. The number of carboxylic acid groups (broad SMARTS) is 1. The lowest BCUT2D eigenvalue weighted by molar-refractivity contribution is -0.138. The Labute approximate surface area is 54.9 Å². The van der Waals surface area contributed by atoms with Crippen LogP contribution in [0.5, 0.6) is 0 Å². The standard InChI is InChI=1S/C5H7NO2.CH4/c1-2-3-4(6)5(7)8;/h1,4H,3,6H2,(H,7,8);1H4. The number of hydrogen-bond donors (Lipinski definition) is 2. The van der Waals surface area contributed by atoms with Gasteiger partial charge in [-0.1, -0.05) is 7.43 Å². The van der Waals surface area contributed by atoms with Crippen LogP contribution < -0.4 is 5.73 Å². The Morgan fingerprint density at radius 3 is 2.44 bits per heavy atom. The molecule has 52 valence electrons. The number of terminal acetylenes is 1. The van der Waals surface area contributed by atoms with E-state index in [1.54, 1.807) is 0 Å². The normalized spacial score (nSPS) is 10.7. The molecule has 0 aliphatic heterocycles. The first-order valence-electron chi connectivity index (χ1n) is 2.10. The third-order valence-corrected chi connectivity index (χ3v) is 0.655. The minimum Gasteiger partial charge on any atom is -0.480 e. The molecule has 0 aliphatic rings. The monoisotopic (exact) mass is 129 g/mol. The van der Waals surface area contributed by atoms with Crippen LogP contribution in [0.15, 0.2) is 0 Å². The lowest BCUT2D eigenvalue weighted by Gasteiger charge is -1.96. The van der Waals surface area contributed by atoms with Gasteiger partial charge in [0.15, 0.2) is 0 Å². The van der Waals surface area contributed by atoms with Gasteiger partial charge >= 0.3 is 5.97 Å². The van der Waals surface area contributed by atoms with E-state index < -0.39 is 12.0 Å². The maximum atomic E-state index is 9.87. The molecule has 1 unspecified atom stereocenters. The van der Waals surface area contributed by atoms with E-state index in [-0.39, 0.29) is 13.8 Å². The van der Waals surface area contributed by atoms with Crippen molar-refractivity contribution in [3.05, 3.63) is 0 Å². The molecular weight excluding hydrogens is 118 g/mol. The molecule has 0 fully saturated rings. The highest BCUT2D eigenvalue weighted by atomic mass is 16.4. The van der Waals surface area contributed by atoms with Gasteiger partial charge in [-0.05, 0) is 0 Å². The molecule has 3 heteroatoms. The molecule has 0 aromatic rings. The van der Waals surface area contributed by atoms with E-state index in [1.807, 2.05) is 0 Å². The molecule has 1 atom stereocenters. The second-order valence-electron chi connectivity index (χ2n) is 1.35. The molecule has 0 bridgehead atoms. The maximum absolute atomic E-state index is 9.87. The molecule has 3 nitrogen and oxygen atoms in total. The molecule has 0 aliphatic carbocycles. The fourth-order valence-corrected chi connectivity index (χ4v) is 0.214. The number of carbonyl (C=O) groups is 1. The summed E-state index contributed by atoms with van der Waals surface area (Å²) in [6.07, 6.45) is 4.87. The van der Waals surface area contributed by atoms with Gasteiger partial charge in [0.25, 0.3) is 0 Å². The van der Waals surface area contributed by atoms with Crippen LogP contribution in [0.1, 0.15) is 13.8 Å². The predicted octanol–water partition coefficient (Wildman–Crippen LogP) is 0.0577. The molecule has 0 radical (unpaired) electrons. The third-order valence-electron chi connectivity index (χ3n) is 0.655. The first kappa shape index (κ1) is 10.9. The van der Waals surface area contributed by atoms with E-state index in [0.717, 1.165) is 0 Å². The van der Waals surface area contributed by atoms with Crippen molar-refractivity contribution in [3.63, 3.8) is 0 Å². The summed E-state index contributed by atoms with van der Waals surface area (Å²) < 4.78 is 0. The minimum absolute atomic E-state index is 0. The second-order valence-corrected chi connectivity index (χ2v) is 1.35. The summed E-state index contributed by atoms with van der Waals surface area (Å²) in [6.45, 7) is 0. The first-order valence-corrected chi connectivity index (χ1v) is 2.10. The van der Waals surface area contributed by atoms with E-state index in [2.05, 4.69) is 5.92 Å². The highest BCUT2D eigenvalue weighted by Gasteiger charge is 2.07. The van der Waals surface area contributed by atoms with Crippen molar-refractivity contribution in [2.75, 3.05) is 0 Å². The summed E-state index contributed by atoms with van der Waals surface area (Å²) in [7, 11) is 0. The zero-order chi connectivity index (χ0) is 6.57. The summed E-state index contributed by atoms with van der Waals surface area (Å²) in [5.74, 6) is 1.09. The predicted molar refractivity (Wildman–Crippen MR) is 35.8 cm³/mol. The van der Waals surface area contributed by atoms with Gasteiger partial charge in [-0.3, -0.25) is 4.79 Å². The van der Waals surface area contributed by atoms with Crippen molar-refractivity contribution in [1.29, 1.82) is 0 Å². The Hall–Kier alpha value is -1.01. The van der Waals surface area contributed by atoms with Crippen LogP contribution in [0.25, 0.3) is 0 Å². The van der Waals surface area contributed by atoms with Gasteiger partial charge in [0.2, 0.25) is 0 Å². The number of aliphatic carboxylic acids is 1. The largest absolute Gasteiger partial charge is 0.480 e. The zero-order valence-electron chi connectivity index (χ0n) is 4.29. The molecule has 0 aromatic heterocycles. The Balaban J connectivity index is 0. The molecule has 0 rings (SSSR count). The van der Waals surface area contributed by atoms with Crippen molar-refractivity contribution < 1.29 is 9.90 Å². The molecule has 0 amide bonds. The van der Waals surface area contributed by atoms with Crippen LogP contribution in [0.4, 0.5) is 0 Å². The summed E-state index contributed by atoms with van der Waals surface area (Å²) in [5, 5.41) is 8.09. The fraction of sp³-hybridized carbons (Fsp3) is 0.500. The number of hydrogen-bond acceptors (Lipinski definition) is 2. The van der Waals surface area contributed by atoms with E-state index in [1.165, 1.54) is 0 Å². The van der Waals surface area contributed by atoms with Crippen LogP contribution in [-0.2, 0) is 4.79 Å². The summed E-state index contributed by atoms with van der Waals surface area (Å²) in [6, 6.07) is -0.903. The van der Waals surface area contributed by atoms with Crippen molar-refractivity contribution in [2.45, 2.75) is 19.9 Å². The summed E-state index contributed by atoms with van der Waals surface area (Å²) >= 11 is 0. The van der Waals surface area contributed by atoms with Gasteiger partial charge in [0.1, 0.15) is 6.04 Å². The minimum atomic E-state index is -1.05. The molecule has 0 saturated heterocycles. The molecular formula is C6H11NO2. The summed E-state index contributed by atoms with van der Waals surface area (Å²) in [4.78, 5) is 9.87. The maximum Gasteiger partial charge on any atom is 0.321 e. The molecule has 3 N–H and O–H groups in total. The average Bonchev–Trinajstić information content (AvgIpc) is 1.67. The molecule has 9 heavy (non-hydrogen) atoms. The van der Waals surface area contributed by atoms with Crippen LogP contribution in [-0.4, -0.2) is 17.1 Å². The van der Waals surface area contributed by atoms with E-state index in [4.69, 9.17) is 17.3 Å². The Bertz CT molecular complexity index is 126. The highest BCUT2D eigenvalue weighted by Crippen LogP contribution is 1.82. The van der Waals surface area contributed by atoms with Crippen LogP contribution in [0.3, 0.4) is 0 Å². The third kappa shape index (κ3) is 4.85. The van der Waals surface area contributed by atoms with Gasteiger partial charge in [-0.15, -0.1) is 12.3 Å². The van der Waals surface area contributed by atoms with Gasteiger partial charge in [0, 0.05) is 6.42 Å². The molecule has 0 saturated carbocycles. The van der Waals surface area contributed by atoms with Gasteiger partial charge in [0.05, 0.1) is 0 Å². The Kier molecular flexibility index (Phi) is 6.21. The van der Waals surface area contributed by atoms with Crippen molar-refractivity contribution >= 4 is 5.97 Å². The van der Waals surface area contributed by atoms with E-state index in [9.17, 15) is 4.79 Å². The van der Waals surface area contributed by atoms with Crippen LogP contribution >= 0.6 is 0 Å². The van der Waals surface area contributed by atoms with Gasteiger partial charge < -0.3 is 10.8 Å². The summed E-state index contributed by atoms with van der Waals surface area (Å²) in [5.41, 5.74) is 4.98. The number of nitrogens with two attached hydrogens (primary N) is 1. The topological polar surface area (TPSA) is 63.3 Å². The lowest BCUT2D eigenvalue weighted by Crippen LogP contribution is -2.29. The Morgan fingerprint density at radius 1 is 1.89 bits per heavy atom. The molecule has 0 spiro atoms. The second kappa shape index (κ2) is 5.13. The zero-order valence-corrected chi connectivity index (χ0v) is 4.29. The van der Waals surface area contributed by atoms with Crippen LogP contribution in [0.2, 0.25) is 0 Å². The van der Waals surface area contributed by atoms with Gasteiger partial charge in [-0.2, -0.15) is 0 Å². The average molecular weight is 129 g/mol. The lowest BCUT2D eigenvalue weighted by atomic mass is 10.2. The van der Waals surface area contributed by atoms with Crippen LogP contribution in [0, 0.1) is 12.3 Å². The quantitative estimate of drug-likeness (QED) is 0.518. The first-order chi connectivity index (χ1) is 3.68. The smallest absolute Gasteiger partial charge is 0.321 e. The number of carboxylic acids is 1. The van der Waals surface area contributed by atoms with Gasteiger partial charge in [-0.25, -0.2) is 0 Å². The van der Waals surface area contributed by atoms with Crippen molar-refractivity contribution in [3.8, 4) is 12.3 Å². The molecule has 0 aromatic carbocycles. The fourth-order valence-electron chi connectivity index (χ4n) is 0.214. The van der Waals surface area contributed by atoms with E-state index in [0.29, 0.717) is 0 Å². The highest BCUT2D eigenvalue weighted by molar-refractivity contribution is 5.73. The van der Waals surface area contributed by atoms with Crippen molar-refractivity contribution in [2.24, 2.45) is 5.73 Å². The van der Waals surface area contributed by atoms with Crippen molar-refractivity contribution in [1.82, 2.24) is 0 Å². The molecule has 0 heterocycles.